The topological polar surface area (TPSA) is 46.1 Å². The monoisotopic (exact) mass is 303 g/mol. The number of benzene rings is 2. The van der Waals surface area contributed by atoms with Gasteiger partial charge in [0, 0.05) is 25.0 Å². The minimum Gasteiger partial charge on any atom is -0.336 e. The van der Waals surface area contributed by atoms with E-state index in [-0.39, 0.29) is 5.91 Å². The number of nitrogens with zero attached hydrogens (tertiary/aromatic N) is 3. The Morgan fingerprint density at radius 3 is 2.48 bits per heavy atom. The highest BCUT2D eigenvalue weighted by atomic mass is 16.2. The predicted molar refractivity (Wildman–Crippen MR) is 89.7 cm³/mol. The van der Waals surface area contributed by atoms with E-state index >= 15 is 0 Å². The highest BCUT2D eigenvalue weighted by Gasteiger charge is 2.16. The van der Waals surface area contributed by atoms with Crippen molar-refractivity contribution in [2.75, 3.05) is 7.05 Å². The number of rotatable bonds is 4. The lowest BCUT2D eigenvalue weighted by Crippen LogP contribution is -2.27. The Morgan fingerprint density at radius 2 is 1.74 bits per heavy atom. The summed E-state index contributed by atoms with van der Waals surface area (Å²) in [6.45, 7) is 0.426. The van der Waals surface area contributed by atoms with Gasteiger partial charge in [0.15, 0.2) is 0 Å². The van der Waals surface area contributed by atoms with Crippen molar-refractivity contribution in [3.63, 3.8) is 0 Å². The van der Waals surface area contributed by atoms with E-state index in [0.29, 0.717) is 12.1 Å². The molecular weight excluding hydrogens is 286 g/mol. The third-order valence-electron chi connectivity index (χ3n) is 3.60. The molecule has 0 aliphatic rings. The van der Waals surface area contributed by atoms with E-state index in [1.165, 1.54) is 0 Å². The van der Waals surface area contributed by atoms with Crippen molar-refractivity contribution in [3.05, 3.63) is 84.4 Å². The highest BCUT2D eigenvalue weighted by molar-refractivity contribution is 6.00. The van der Waals surface area contributed by atoms with Crippen LogP contribution in [0.1, 0.15) is 16.1 Å². The van der Waals surface area contributed by atoms with Gasteiger partial charge in [-0.3, -0.25) is 14.8 Å². The molecule has 0 N–H and O–H groups in total. The Morgan fingerprint density at radius 1 is 1.00 bits per heavy atom. The molecule has 4 heteroatoms. The number of carbonyl (C=O) groups excluding carboxylic acids is 1. The molecule has 2 aromatic carbocycles. The quantitative estimate of drug-likeness (QED) is 0.742. The van der Waals surface area contributed by atoms with Crippen LogP contribution in [0.25, 0.3) is 11.1 Å². The Bertz CT molecular complexity index is 788. The van der Waals surface area contributed by atoms with Gasteiger partial charge in [0.05, 0.1) is 18.4 Å². The first-order valence-corrected chi connectivity index (χ1v) is 7.40. The molecule has 0 atom stereocenters. The van der Waals surface area contributed by atoms with E-state index in [9.17, 15) is 4.79 Å². The first-order valence-electron chi connectivity index (χ1n) is 7.40. The van der Waals surface area contributed by atoms with Crippen LogP contribution in [0.3, 0.4) is 0 Å². The molecule has 0 saturated carbocycles. The molecule has 1 amide bonds. The van der Waals surface area contributed by atoms with Crippen LogP contribution in [-0.2, 0) is 6.54 Å². The fourth-order valence-electron chi connectivity index (χ4n) is 2.47. The standard InChI is InChI=1S/C19H17N3O/c1-22(14-16-13-20-11-12-21-16)19(23)18-10-6-5-9-17(18)15-7-3-2-4-8-15/h2-13H,14H2,1H3. The zero-order valence-corrected chi connectivity index (χ0v) is 12.9. The second kappa shape index (κ2) is 6.83. The number of hydrogen-bond acceptors (Lipinski definition) is 3. The Labute approximate surface area is 135 Å². The summed E-state index contributed by atoms with van der Waals surface area (Å²) in [5, 5.41) is 0. The normalized spacial score (nSPS) is 10.3. The molecule has 0 fully saturated rings. The fraction of sp³-hybridized carbons (Fsp3) is 0.105. The molecule has 4 nitrogen and oxygen atoms in total. The van der Waals surface area contributed by atoms with E-state index in [0.717, 1.165) is 16.8 Å². The molecule has 23 heavy (non-hydrogen) atoms. The fourth-order valence-corrected chi connectivity index (χ4v) is 2.47. The Kier molecular flexibility index (Phi) is 4.43. The van der Waals surface area contributed by atoms with Gasteiger partial charge in [-0.2, -0.15) is 0 Å². The molecule has 0 aliphatic carbocycles. The van der Waals surface area contributed by atoms with Gasteiger partial charge in [0.25, 0.3) is 5.91 Å². The molecule has 1 heterocycles. The van der Waals surface area contributed by atoms with Crippen molar-refractivity contribution in [2.24, 2.45) is 0 Å². The Hall–Kier alpha value is -3.01. The van der Waals surface area contributed by atoms with E-state index in [2.05, 4.69) is 9.97 Å². The van der Waals surface area contributed by atoms with E-state index < -0.39 is 0 Å². The molecule has 3 rings (SSSR count). The van der Waals surface area contributed by atoms with Crippen molar-refractivity contribution in [1.29, 1.82) is 0 Å². The van der Waals surface area contributed by atoms with Crippen LogP contribution in [0.4, 0.5) is 0 Å². The number of carbonyl (C=O) groups is 1. The van der Waals surface area contributed by atoms with Crippen LogP contribution in [0.2, 0.25) is 0 Å². The van der Waals surface area contributed by atoms with Crippen LogP contribution in [-0.4, -0.2) is 27.8 Å². The summed E-state index contributed by atoms with van der Waals surface area (Å²) in [6.07, 6.45) is 4.93. The summed E-state index contributed by atoms with van der Waals surface area (Å²) in [4.78, 5) is 22.7. The average Bonchev–Trinajstić information content (AvgIpc) is 2.62. The lowest BCUT2D eigenvalue weighted by Gasteiger charge is -2.18. The van der Waals surface area contributed by atoms with E-state index in [1.54, 1.807) is 30.5 Å². The summed E-state index contributed by atoms with van der Waals surface area (Å²) in [7, 11) is 1.78. The summed E-state index contributed by atoms with van der Waals surface area (Å²) in [5.41, 5.74) is 3.42. The van der Waals surface area contributed by atoms with Gasteiger partial charge in [-0.15, -0.1) is 0 Å². The molecule has 0 radical (unpaired) electrons. The van der Waals surface area contributed by atoms with Gasteiger partial charge in [-0.25, -0.2) is 0 Å². The van der Waals surface area contributed by atoms with Gasteiger partial charge >= 0.3 is 0 Å². The van der Waals surface area contributed by atoms with Crippen LogP contribution in [0, 0.1) is 0 Å². The predicted octanol–water partition coefficient (Wildman–Crippen LogP) is 3.42. The Balaban J connectivity index is 1.88. The van der Waals surface area contributed by atoms with Crippen molar-refractivity contribution in [2.45, 2.75) is 6.54 Å². The van der Waals surface area contributed by atoms with Gasteiger partial charge < -0.3 is 4.90 Å². The van der Waals surface area contributed by atoms with E-state index in [1.807, 2.05) is 54.6 Å². The van der Waals surface area contributed by atoms with Crippen LogP contribution < -0.4 is 0 Å². The summed E-state index contributed by atoms with van der Waals surface area (Å²) >= 11 is 0. The smallest absolute Gasteiger partial charge is 0.254 e. The lowest BCUT2D eigenvalue weighted by molar-refractivity contribution is 0.0784. The second-order valence-corrected chi connectivity index (χ2v) is 5.27. The molecule has 0 unspecified atom stereocenters. The van der Waals surface area contributed by atoms with Crippen molar-refractivity contribution in [1.82, 2.24) is 14.9 Å². The van der Waals surface area contributed by atoms with Gasteiger partial charge in [0.1, 0.15) is 0 Å². The maximum atomic E-state index is 12.8. The maximum Gasteiger partial charge on any atom is 0.254 e. The maximum absolute atomic E-state index is 12.8. The van der Waals surface area contributed by atoms with E-state index in [4.69, 9.17) is 0 Å². The van der Waals surface area contributed by atoms with Crippen molar-refractivity contribution >= 4 is 5.91 Å². The molecule has 0 saturated heterocycles. The zero-order chi connectivity index (χ0) is 16.1. The minimum absolute atomic E-state index is 0.0323. The molecule has 0 bridgehead atoms. The van der Waals surface area contributed by atoms with Crippen molar-refractivity contribution in [3.8, 4) is 11.1 Å². The third-order valence-corrected chi connectivity index (χ3v) is 3.60. The molecular formula is C19H17N3O. The third kappa shape index (κ3) is 3.43. The number of aromatic nitrogens is 2. The van der Waals surface area contributed by atoms with Gasteiger partial charge in [0.2, 0.25) is 0 Å². The van der Waals surface area contributed by atoms with Crippen LogP contribution in [0.15, 0.2) is 73.2 Å². The largest absolute Gasteiger partial charge is 0.336 e. The SMILES string of the molecule is CN(Cc1cnccn1)C(=O)c1ccccc1-c1ccccc1. The molecule has 1 aromatic heterocycles. The van der Waals surface area contributed by atoms with Gasteiger partial charge in [-0.05, 0) is 17.2 Å². The average molecular weight is 303 g/mol. The highest BCUT2D eigenvalue weighted by Crippen LogP contribution is 2.24. The summed E-state index contributed by atoms with van der Waals surface area (Å²) in [6, 6.07) is 17.6. The van der Waals surface area contributed by atoms with Crippen LogP contribution in [0.5, 0.6) is 0 Å². The molecule has 114 valence electrons. The zero-order valence-electron chi connectivity index (χ0n) is 12.9. The summed E-state index contributed by atoms with van der Waals surface area (Å²) < 4.78 is 0. The number of amides is 1. The molecule has 0 aliphatic heterocycles. The lowest BCUT2D eigenvalue weighted by atomic mass is 9.99. The molecule has 0 spiro atoms. The van der Waals surface area contributed by atoms with Crippen LogP contribution >= 0.6 is 0 Å². The first-order chi connectivity index (χ1) is 11.3. The minimum atomic E-state index is -0.0323. The second-order valence-electron chi connectivity index (χ2n) is 5.27. The number of hydrogen-bond donors (Lipinski definition) is 0. The van der Waals surface area contributed by atoms with Crippen molar-refractivity contribution < 1.29 is 4.79 Å². The first kappa shape index (κ1) is 14.9. The van der Waals surface area contributed by atoms with Gasteiger partial charge in [-0.1, -0.05) is 48.5 Å². The molecule has 3 aromatic rings. The summed E-state index contributed by atoms with van der Waals surface area (Å²) in [5.74, 6) is -0.0323.